The zero-order valence-electron chi connectivity index (χ0n) is 6.50. The lowest BCUT2D eigenvalue weighted by atomic mass is 10.1. The number of carbonyl (C=O) groups is 1. The van der Waals surface area contributed by atoms with E-state index in [1.165, 1.54) is 18.2 Å². The Balaban J connectivity index is 3.15. The predicted octanol–water partition coefficient (Wildman–Crippen LogP) is 1.67. The zero-order chi connectivity index (χ0) is 10.0. The first-order chi connectivity index (χ1) is 6.04. The van der Waals surface area contributed by atoms with Crippen molar-refractivity contribution in [1.29, 1.82) is 0 Å². The van der Waals surface area contributed by atoms with E-state index < -0.39 is 17.8 Å². The Kier molecular flexibility index (Phi) is 3.00. The molecule has 0 fully saturated rings. The summed E-state index contributed by atoms with van der Waals surface area (Å²) in [6.45, 7) is 0. The molecular weight excluding hydrogens is 241 g/mol. The fourth-order valence-electron chi connectivity index (χ4n) is 0.894. The van der Waals surface area contributed by atoms with Gasteiger partial charge in [-0.05, 0) is 27.6 Å². The smallest absolute Gasteiger partial charge is 0.325 e. The number of halogens is 2. The van der Waals surface area contributed by atoms with Crippen molar-refractivity contribution >= 4 is 21.9 Å². The summed E-state index contributed by atoms with van der Waals surface area (Å²) in [7, 11) is 0. The average molecular weight is 248 g/mol. The van der Waals surface area contributed by atoms with Crippen LogP contribution in [0.2, 0.25) is 0 Å². The van der Waals surface area contributed by atoms with Gasteiger partial charge in [0.05, 0.1) is 4.47 Å². The molecule has 13 heavy (non-hydrogen) atoms. The second-order valence-electron chi connectivity index (χ2n) is 2.46. The third-order valence-electron chi connectivity index (χ3n) is 1.58. The molecule has 3 nitrogen and oxygen atoms in total. The molecule has 0 unspecified atom stereocenters. The molecule has 1 aromatic carbocycles. The van der Waals surface area contributed by atoms with Crippen molar-refractivity contribution in [1.82, 2.24) is 0 Å². The summed E-state index contributed by atoms with van der Waals surface area (Å²) in [5.74, 6) is -1.71. The summed E-state index contributed by atoms with van der Waals surface area (Å²) >= 11 is 2.93. The number of hydrogen-bond acceptors (Lipinski definition) is 2. The number of aliphatic carboxylic acids is 1. The van der Waals surface area contributed by atoms with E-state index >= 15 is 0 Å². The number of carboxylic acid groups (broad SMARTS) is 1. The predicted molar refractivity (Wildman–Crippen MR) is 48.7 cm³/mol. The Labute approximate surface area is 82.5 Å². The molecule has 0 saturated heterocycles. The monoisotopic (exact) mass is 247 g/mol. The second-order valence-corrected chi connectivity index (χ2v) is 3.25. The molecule has 0 amide bonds. The summed E-state index contributed by atoms with van der Waals surface area (Å²) in [5, 5.41) is 8.58. The summed E-state index contributed by atoms with van der Waals surface area (Å²) in [5.41, 5.74) is 5.54. The fourth-order valence-corrected chi connectivity index (χ4v) is 1.40. The molecule has 1 aromatic rings. The van der Waals surface area contributed by atoms with Crippen LogP contribution >= 0.6 is 15.9 Å². The molecule has 0 radical (unpaired) electrons. The van der Waals surface area contributed by atoms with Crippen LogP contribution in [-0.2, 0) is 4.79 Å². The van der Waals surface area contributed by atoms with Gasteiger partial charge in [0.25, 0.3) is 0 Å². The largest absolute Gasteiger partial charge is 0.480 e. The van der Waals surface area contributed by atoms with Crippen LogP contribution in [-0.4, -0.2) is 11.1 Å². The normalized spacial score (nSPS) is 12.5. The number of carboxylic acids is 1. The highest BCUT2D eigenvalue weighted by Gasteiger charge is 2.18. The fraction of sp³-hybridized carbons (Fsp3) is 0.125. The van der Waals surface area contributed by atoms with E-state index in [4.69, 9.17) is 10.8 Å². The van der Waals surface area contributed by atoms with Crippen molar-refractivity contribution in [3.05, 3.63) is 34.1 Å². The minimum atomic E-state index is -1.20. The van der Waals surface area contributed by atoms with Gasteiger partial charge in [-0.25, -0.2) is 4.39 Å². The molecule has 0 saturated carbocycles. The number of hydrogen-bond donors (Lipinski definition) is 2. The van der Waals surface area contributed by atoms with E-state index in [-0.39, 0.29) is 10.0 Å². The van der Waals surface area contributed by atoms with Crippen molar-refractivity contribution < 1.29 is 14.3 Å². The highest BCUT2D eigenvalue weighted by Crippen LogP contribution is 2.24. The van der Waals surface area contributed by atoms with Crippen LogP contribution < -0.4 is 5.73 Å². The lowest BCUT2D eigenvalue weighted by molar-refractivity contribution is -0.138. The van der Waals surface area contributed by atoms with Gasteiger partial charge in [0.2, 0.25) is 0 Å². The van der Waals surface area contributed by atoms with E-state index in [0.717, 1.165) is 0 Å². The summed E-state index contributed by atoms with van der Waals surface area (Å²) < 4.78 is 13.0. The lowest BCUT2D eigenvalue weighted by Crippen LogP contribution is -2.21. The minimum Gasteiger partial charge on any atom is -0.480 e. The molecule has 0 bridgehead atoms. The third kappa shape index (κ3) is 2.05. The Bertz CT molecular complexity index is 343. The summed E-state index contributed by atoms with van der Waals surface area (Å²) in [6.07, 6.45) is 0. The van der Waals surface area contributed by atoms with Gasteiger partial charge in [0.15, 0.2) is 0 Å². The van der Waals surface area contributed by atoms with Crippen molar-refractivity contribution in [2.24, 2.45) is 5.73 Å². The van der Waals surface area contributed by atoms with Gasteiger partial charge in [-0.15, -0.1) is 0 Å². The molecule has 0 aliphatic rings. The standard InChI is InChI=1S/C8H7BrFNO2/c9-6-4(7(11)8(12)13)2-1-3-5(6)10/h1-3,7H,11H2,(H,12,13)/t7-/m0/s1. The number of rotatable bonds is 2. The highest BCUT2D eigenvalue weighted by atomic mass is 79.9. The number of nitrogens with two attached hydrogens (primary N) is 1. The zero-order valence-corrected chi connectivity index (χ0v) is 8.08. The van der Waals surface area contributed by atoms with Crippen LogP contribution in [0.4, 0.5) is 4.39 Å². The van der Waals surface area contributed by atoms with E-state index in [0.29, 0.717) is 0 Å². The van der Waals surface area contributed by atoms with Crippen LogP contribution in [0.3, 0.4) is 0 Å². The first-order valence-corrected chi connectivity index (χ1v) is 4.25. The van der Waals surface area contributed by atoms with Crippen molar-refractivity contribution in [2.75, 3.05) is 0 Å². The second kappa shape index (κ2) is 3.85. The molecule has 5 heteroatoms. The maximum atomic E-state index is 12.9. The molecule has 3 N–H and O–H groups in total. The first-order valence-electron chi connectivity index (χ1n) is 3.46. The van der Waals surface area contributed by atoms with Crippen LogP contribution in [0.1, 0.15) is 11.6 Å². The highest BCUT2D eigenvalue weighted by molar-refractivity contribution is 9.10. The van der Waals surface area contributed by atoms with Gasteiger partial charge in [0.1, 0.15) is 11.9 Å². The Hall–Kier alpha value is -0.940. The Morgan fingerprint density at radius 2 is 2.23 bits per heavy atom. The van der Waals surface area contributed by atoms with Crippen LogP contribution in [0.5, 0.6) is 0 Å². The average Bonchev–Trinajstić information content (AvgIpc) is 2.08. The third-order valence-corrected chi connectivity index (χ3v) is 2.42. The van der Waals surface area contributed by atoms with Crippen LogP contribution in [0.15, 0.2) is 22.7 Å². The summed E-state index contributed by atoms with van der Waals surface area (Å²) in [6, 6.07) is 2.90. The molecule has 70 valence electrons. The van der Waals surface area contributed by atoms with Gasteiger partial charge in [-0.1, -0.05) is 12.1 Å². The molecule has 0 aromatic heterocycles. The topological polar surface area (TPSA) is 63.3 Å². The molecule has 0 heterocycles. The van der Waals surface area contributed by atoms with Crippen molar-refractivity contribution in [3.63, 3.8) is 0 Å². The SMILES string of the molecule is N[C@H](C(=O)O)c1cccc(F)c1Br. The van der Waals surface area contributed by atoms with Gasteiger partial charge < -0.3 is 10.8 Å². The lowest BCUT2D eigenvalue weighted by Gasteiger charge is -2.08. The van der Waals surface area contributed by atoms with Crippen molar-refractivity contribution in [3.8, 4) is 0 Å². The molecule has 1 atom stereocenters. The Morgan fingerprint density at radius 3 is 2.77 bits per heavy atom. The molecule has 0 spiro atoms. The number of benzene rings is 1. The molecular formula is C8H7BrFNO2. The minimum absolute atomic E-state index is 0.102. The molecule has 1 rings (SSSR count). The van der Waals surface area contributed by atoms with E-state index in [1.54, 1.807) is 0 Å². The van der Waals surface area contributed by atoms with E-state index in [1.807, 2.05) is 0 Å². The first kappa shape index (κ1) is 10.1. The maximum Gasteiger partial charge on any atom is 0.325 e. The van der Waals surface area contributed by atoms with E-state index in [2.05, 4.69) is 15.9 Å². The van der Waals surface area contributed by atoms with Gasteiger partial charge >= 0.3 is 5.97 Å². The van der Waals surface area contributed by atoms with Gasteiger partial charge in [0, 0.05) is 0 Å². The van der Waals surface area contributed by atoms with Gasteiger partial charge in [-0.2, -0.15) is 0 Å². The van der Waals surface area contributed by atoms with Crippen molar-refractivity contribution in [2.45, 2.75) is 6.04 Å². The van der Waals surface area contributed by atoms with Gasteiger partial charge in [-0.3, -0.25) is 4.79 Å². The Morgan fingerprint density at radius 1 is 1.62 bits per heavy atom. The molecule has 0 aliphatic carbocycles. The van der Waals surface area contributed by atoms with Crippen LogP contribution in [0, 0.1) is 5.82 Å². The molecule has 0 aliphatic heterocycles. The quantitative estimate of drug-likeness (QED) is 0.836. The summed E-state index contributed by atoms with van der Waals surface area (Å²) in [4.78, 5) is 10.5. The maximum absolute atomic E-state index is 12.9. The van der Waals surface area contributed by atoms with Crippen LogP contribution in [0.25, 0.3) is 0 Å². The van der Waals surface area contributed by atoms with E-state index in [9.17, 15) is 9.18 Å².